The maximum absolute atomic E-state index is 9.79. The van der Waals surface area contributed by atoms with Crippen LogP contribution in [0.1, 0.15) is 145 Å². The number of piperidine rings is 1. The van der Waals surface area contributed by atoms with Crippen LogP contribution >= 0.6 is 23.2 Å². The summed E-state index contributed by atoms with van der Waals surface area (Å²) in [4.78, 5) is 9.34. The fraction of sp³-hybridized carbons (Fsp3) is 0.394. The number of anilines is 2. The van der Waals surface area contributed by atoms with E-state index in [4.69, 9.17) is 103 Å². The zero-order chi connectivity index (χ0) is 97.4. The second kappa shape index (κ2) is 60.0. The summed E-state index contributed by atoms with van der Waals surface area (Å²) in [6, 6.07) is 49.6. The van der Waals surface area contributed by atoms with E-state index in [-0.39, 0.29) is 77.0 Å². The number of halogens is 2. The number of nitrogens with two attached hydrogens (primary N) is 7. The van der Waals surface area contributed by atoms with E-state index in [0.717, 1.165) is 119 Å². The van der Waals surface area contributed by atoms with Crippen molar-refractivity contribution in [3.05, 3.63) is 253 Å². The van der Waals surface area contributed by atoms with Crippen molar-refractivity contribution >= 4 is 34.6 Å². The van der Waals surface area contributed by atoms with Gasteiger partial charge in [0.2, 0.25) is 0 Å². The molecule has 0 radical (unpaired) electrons. The van der Waals surface area contributed by atoms with Gasteiger partial charge in [-0.15, -0.1) is 0 Å². The number of aryl methyl sites for hydroxylation is 2. The van der Waals surface area contributed by atoms with Gasteiger partial charge in [0.1, 0.15) is 11.5 Å². The Hall–Kier alpha value is -11.1. The summed E-state index contributed by atoms with van der Waals surface area (Å²) in [5, 5.41) is 149. The highest BCUT2D eigenvalue weighted by molar-refractivity contribution is 6.42. The van der Waals surface area contributed by atoms with E-state index in [2.05, 4.69) is 77.6 Å². The first-order valence-electron chi connectivity index (χ1n) is 43.7. The number of aromatic hydroxyl groups is 12. The van der Waals surface area contributed by atoms with Crippen molar-refractivity contribution in [2.45, 2.75) is 149 Å². The molecule has 32 heteroatoms. The van der Waals surface area contributed by atoms with Crippen LogP contribution in [0.25, 0.3) is 0 Å². The number of likely N-dealkylation sites (tertiary alicyclic amines) is 1. The fourth-order valence-electron chi connectivity index (χ4n) is 13.7. The number of rotatable bonds is 25. The lowest BCUT2D eigenvalue weighted by atomic mass is 9.91. The number of aliphatic hydroxyl groups excluding tert-OH is 4. The Kier molecular flexibility index (Phi) is 51.4. The molecule has 30 N–H and O–H groups in total. The topological polar surface area (TPSA) is 546 Å². The Morgan fingerprint density at radius 2 is 0.908 bits per heavy atom. The Labute approximate surface area is 780 Å². The lowest BCUT2D eigenvalue weighted by Crippen LogP contribution is -2.35. The van der Waals surface area contributed by atoms with E-state index < -0.39 is 24.1 Å². The monoisotopic (exact) mass is 1860 g/mol. The Balaban J connectivity index is 0.000000305. The molecule has 0 aliphatic carbocycles. The van der Waals surface area contributed by atoms with Crippen molar-refractivity contribution in [1.29, 1.82) is 0 Å². The summed E-state index contributed by atoms with van der Waals surface area (Å²) >= 11 is 11.5. The largest absolute Gasteiger partial charge is 0.508 e. The van der Waals surface area contributed by atoms with Crippen molar-refractivity contribution in [2.24, 2.45) is 34.4 Å². The summed E-state index contributed by atoms with van der Waals surface area (Å²) in [6.07, 6.45) is 6.38. The number of benzene rings is 10. The van der Waals surface area contributed by atoms with Crippen LogP contribution in [0.2, 0.25) is 10.0 Å². The molecule has 131 heavy (non-hydrogen) atoms. The van der Waals surface area contributed by atoms with Crippen LogP contribution in [-0.4, -0.2) is 215 Å². The first-order valence-corrected chi connectivity index (χ1v) is 44.4. The number of ether oxygens (including phenoxy) is 3. The summed E-state index contributed by atoms with van der Waals surface area (Å²) in [6.45, 7) is 24.9. The first kappa shape index (κ1) is 112. The lowest BCUT2D eigenvalue weighted by Gasteiger charge is -2.36. The van der Waals surface area contributed by atoms with Gasteiger partial charge in [0.15, 0.2) is 74.7 Å². The summed E-state index contributed by atoms with van der Waals surface area (Å²) < 4.78 is 14.7. The molecule has 4 unspecified atom stereocenters. The Bertz CT molecular complexity index is 4950. The molecule has 3 aliphatic heterocycles. The number of hydrogen-bond acceptors (Lipinski definition) is 30. The zero-order valence-electron chi connectivity index (χ0n) is 76.8. The van der Waals surface area contributed by atoms with Crippen molar-refractivity contribution in [2.75, 3.05) is 117 Å². The molecule has 1 fully saturated rings. The van der Waals surface area contributed by atoms with Crippen LogP contribution < -0.4 is 59.2 Å². The van der Waals surface area contributed by atoms with Crippen LogP contribution in [-0.2, 0) is 51.7 Å². The first-order chi connectivity index (χ1) is 62.5. The third-order valence-corrected chi connectivity index (χ3v) is 22.2. The zero-order valence-corrected chi connectivity index (χ0v) is 78.3. The maximum Gasteiger partial charge on any atom is 0.200 e. The van der Waals surface area contributed by atoms with Crippen LogP contribution in [0.4, 0.5) is 11.4 Å². The van der Waals surface area contributed by atoms with Gasteiger partial charge in [-0.3, -0.25) is 14.7 Å². The van der Waals surface area contributed by atoms with Crippen LogP contribution in [0.5, 0.6) is 86.2 Å². The number of phenolic OH excluding ortho intramolecular Hbond substituents is 12. The molecular weight excluding hydrogens is 1720 g/mol. The van der Waals surface area contributed by atoms with Gasteiger partial charge in [0.05, 0.1) is 55.8 Å². The molecule has 10 aromatic carbocycles. The summed E-state index contributed by atoms with van der Waals surface area (Å²) in [7, 11) is 4.51. The van der Waals surface area contributed by atoms with Gasteiger partial charge in [-0.05, 0) is 282 Å². The average molecular weight is 1860 g/mol. The molecule has 3 heterocycles. The maximum atomic E-state index is 9.79. The second-order valence-corrected chi connectivity index (χ2v) is 31.9. The highest BCUT2D eigenvalue weighted by atomic mass is 35.5. The van der Waals surface area contributed by atoms with E-state index in [1.54, 1.807) is 85.8 Å². The molecule has 0 aromatic heterocycles. The van der Waals surface area contributed by atoms with Gasteiger partial charge in [-0.25, -0.2) is 0 Å². The molecule has 0 saturated carbocycles. The van der Waals surface area contributed by atoms with Gasteiger partial charge < -0.3 is 141 Å². The number of methoxy groups -OCH3 is 3. The summed E-state index contributed by atoms with van der Waals surface area (Å²) in [5.74, 6) is 0.870. The van der Waals surface area contributed by atoms with E-state index >= 15 is 0 Å². The minimum Gasteiger partial charge on any atom is -0.508 e. The van der Waals surface area contributed by atoms with Crippen LogP contribution in [0.3, 0.4) is 0 Å². The molecule has 0 amide bonds. The van der Waals surface area contributed by atoms with Crippen LogP contribution in [0.15, 0.2) is 176 Å². The number of nitrogen functional groups attached to an aromatic ring is 1. The number of nitrogens with zero attached hydrogens (tertiary/aromatic N) is 4. The highest BCUT2D eigenvalue weighted by Gasteiger charge is 2.26. The van der Waals surface area contributed by atoms with Crippen molar-refractivity contribution in [3.8, 4) is 86.2 Å². The van der Waals surface area contributed by atoms with E-state index in [1.165, 1.54) is 112 Å². The van der Waals surface area contributed by atoms with Crippen LogP contribution in [0, 0.1) is 6.92 Å². The molecule has 4 atom stereocenters. The highest BCUT2D eigenvalue weighted by Crippen LogP contribution is 2.41. The average Bonchev–Trinajstić information content (AvgIpc) is 0.775. The fourth-order valence-corrected chi connectivity index (χ4v) is 14.0. The standard InChI is InChI=1S/C12H19NO2.C12H15NO.C12H17NO.C11H18N2O.C9H11Cl2NO.C9H13NO3.2C9H13NO2.2C8H11NO3/c1-4-13(5-2)8-10-7-12(15)11(14)6-9(10)3;14-11-6-5-9-3-1-7-13-8-2-4-10(11)12(9)13;14-12-6-8-13(9-7-12)10-11-4-2-1-3-5-11;1-3-13(4-2)8-9-7-10(12)5-6-11(9)14;1-5(12)9(13)6-2-3-7(10)8(11)4-6;1-13-9-4-6(8(12)5-10)2-3-7(9)11;1-12-9-3-2-7(4-5-10)6-8(9)11;1-12-9-6-7(4-5-10)2-3-8(9)11;9-4-8(12)5-1-2-6(10)7(11)3-5;9-2-1-5-3-6(10)8(12)7(11)4-5/h6-7,14-15H,4-5,8H2,1-3H3;5-6,14H,1-4,7-8H2;1-5,12,14H,6-10H2;5-7,14H,3-4,8,12H2,1-2H3;2-5,9,13H,12H2,1H3;2-4,8,11-12H,5,10H2,1H3;2*2-3,6,11H,4-5,10H2,1H3;1-3,8,10-12H,4,9H2;3-4,10-12H,1-2,9H2. The SMILES string of the molecule is CC(N)C(O)c1ccc(Cl)c(Cl)c1.CCN(CC)Cc1cc(N)ccc1O.CCN(CC)Cc1cc(O)c(O)cc1C.COc1cc(C(O)CN)ccc1O.COc1cc(CCN)ccc1O.COc1ccc(CCN)cc1O.NCC(O)c1ccc(O)c(O)c1.NCCc1cc(O)c(O)c(O)c1.OC1CCN(Cc2ccccc2)CC1.Oc1ccc2c3c1CCCN3CCC2. The Morgan fingerprint density at radius 3 is 1.44 bits per heavy atom. The molecule has 0 bridgehead atoms. The predicted octanol–water partition coefficient (Wildman–Crippen LogP) is 12.8. The molecule has 0 spiro atoms. The third kappa shape index (κ3) is 38.7. The minimum atomic E-state index is -0.795. The van der Waals surface area contributed by atoms with Crippen molar-refractivity contribution in [1.82, 2.24) is 14.7 Å². The predicted molar refractivity (Wildman–Crippen MR) is 521 cm³/mol. The molecule has 30 nitrogen and oxygen atoms in total. The van der Waals surface area contributed by atoms with E-state index in [0.29, 0.717) is 92.8 Å². The smallest absolute Gasteiger partial charge is 0.200 e. The molecule has 3 aliphatic rings. The van der Waals surface area contributed by atoms with Gasteiger partial charge >= 0.3 is 0 Å². The number of phenols is 12. The van der Waals surface area contributed by atoms with E-state index in [1.807, 2.05) is 37.3 Å². The normalized spacial score (nSPS) is 13.3. The van der Waals surface area contributed by atoms with E-state index in [9.17, 15) is 56.2 Å². The van der Waals surface area contributed by atoms with Crippen molar-refractivity contribution in [3.63, 3.8) is 0 Å². The van der Waals surface area contributed by atoms with Gasteiger partial charge in [0.25, 0.3) is 0 Å². The van der Waals surface area contributed by atoms with Gasteiger partial charge in [-0.1, -0.05) is 118 Å². The molecule has 720 valence electrons. The quantitative estimate of drug-likeness (QED) is 0.0144. The van der Waals surface area contributed by atoms with Gasteiger partial charge in [0, 0.05) is 87.4 Å². The molecule has 13 rings (SSSR count). The third-order valence-electron chi connectivity index (χ3n) is 21.4. The number of aliphatic hydroxyl groups is 4. The molecule has 10 aromatic rings. The second-order valence-electron chi connectivity index (χ2n) is 31.1. The summed E-state index contributed by atoms with van der Waals surface area (Å²) in [5.41, 5.74) is 51.3. The Morgan fingerprint density at radius 1 is 0.435 bits per heavy atom. The molecule has 1 saturated heterocycles. The lowest BCUT2D eigenvalue weighted by molar-refractivity contribution is 0.0792. The molecular formula is C99H141Cl2N11O19. The minimum absolute atomic E-state index is 0.0391. The number of hydrogen-bond donors (Lipinski definition) is 23. The van der Waals surface area contributed by atoms with Gasteiger partial charge in [-0.2, -0.15) is 0 Å². The van der Waals surface area contributed by atoms with Crippen molar-refractivity contribution < 1.29 is 95.9 Å².